The average Bonchev–Trinajstić information content (AvgIpc) is 3.01. The molecule has 0 saturated heterocycles. The lowest BCUT2D eigenvalue weighted by Crippen LogP contribution is -2.31. The van der Waals surface area contributed by atoms with Crippen molar-refractivity contribution in [3.63, 3.8) is 0 Å². The van der Waals surface area contributed by atoms with Crippen molar-refractivity contribution in [2.24, 2.45) is 0 Å². The molecular formula is C13H17N5O3. The van der Waals surface area contributed by atoms with Gasteiger partial charge in [0.25, 0.3) is 5.91 Å². The summed E-state index contributed by atoms with van der Waals surface area (Å²) in [5.74, 6) is 1.28. The molecule has 1 heterocycles. The van der Waals surface area contributed by atoms with Gasteiger partial charge in [-0.15, -0.1) is 10.2 Å². The van der Waals surface area contributed by atoms with Crippen LogP contribution in [0.25, 0.3) is 0 Å². The molecule has 2 aromatic rings. The van der Waals surface area contributed by atoms with Gasteiger partial charge in [-0.25, -0.2) is 0 Å². The zero-order valence-corrected chi connectivity index (χ0v) is 11.9. The highest BCUT2D eigenvalue weighted by Gasteiger charge is 2.14. The number of carbonyl (C=O) groups is 1. The molecule has 2 rings (SSSR count). The molecule has 21 heavy (non-hydrogen) atoms. The molecule has 1 unspecified atom stereocenters. The summed E-state index contributed by atoms with van der Waals surface area (Å²) in [6.45, 7) is 4.06. The van der Waals surface area contributed by atoms with Crippen LogP contribution in [0.2, 0.25) is 0 Å². The lowest BCUT2D eigenvalue weighted by molar-refractivity contribution is -0.123. The molecule has 1 aromatic heterocycles. The number of ether oxygens (including phenoxy) is 2. The Balaban J connectivity index is 1.86. The third-order valence-corrected chi connectivity index (χ3v) is 2.63. The van der Waals surface area contributed by atoms with E-state index in [9.17, 15) is 4.79 Å². The zero-order chi connectivity index (χ0) is 15.1. The van der Waals surface area contributed by atoms with Crippen molar-refractivity contribution in [3.8, 4) is 11.5 Å². The first-order valence-corrected chi connectivity index (χ1v) is 6.58. The predicted octanol–water partition coefficient (Wildman–Crippen LogP) is 0.855. The van der Waals surface area contributed by atoms with Crippen molar-refractivity contribution in [1.29, 1.82) is 0 Å². The molecule has 1 amide bonds. The third kappa shape index (κ3) is 4.16. The molecule has 0 aliphatic rings. The summed E-state index contributed by atoms with van der Waals surface area (Å²) >= 11 is 0. The quantitative estimate of drug-likeness (QED) is 0.784. The van der Waals surface area contributed by atoms with Crippen molar-refractivity contribution in [1.82, 2.24) is 25.9 Å². The van der Waals surface area contributed by atoms with Gasteiger partial charge in [-0.2, -0.15) is 5.21 Å². The van der Waals surface area contributed by atoms with Crippen LogP contribution in [0.3, 0.4) is 0 Å². The second-order valence-corrected chi connectivity index (χ2v) is 4.23. The fourth-order valence-corrected chi connectivity index (χ4v) is 1.69. The summed E-state index contributed by atoms with van der Waals surface area (Å²) < 4.78 is 10.9. The van der Waals surface area contributed by atoms with Crippen LogP contribution in [0.5, 0.6) is 11.5 Å². The van der Waals surface area contributed by atoms with E-state index in [1.54, 1.807) is 19.1 Å². The Morgan fingerprint density at radius 1 is 1.33 bits per heavy atom. The monoisotopic (exact) mass is 291 g/mol. The highest BCUT2D eigenvalue weighted by atomic mass is 16.5. The zero-order valence-electron chi connectivity index (χ0n) is 11.9. The van der Waals surface area contributed by atoms with Gasteiger partial charge in [0, 0.05) is 0 Å². The molecule has 2 N–H and O–H groups in total. The minimum atomic E-state index is -0.345. The number of para-hydroxylation sites is 2. The van der Waals surface area contributed by atoms with Gasteiger partial charge < -0.3 is 14.8 Å². The molecule has 1 aromatic carbocycles. The van der Waals surface area contributed by atoms with Crippen molar-refractivity contribution >= 4 is 5.91 Å². The van der Waals surface area contributed by atoms with E-state index in [0.717, 1.165) is 0 Å². The van der Waals surface area contributed by atoms with Gasteiger partial charge >= 0.3 is 0 Å². The number of aromatic nitrogens is 4. The number of amides is 1. The Kier molecular flexibility index (Phi) is 5.08. The maximum atomic E-state index is 11.8. The summed E-state index contributed by atoms with van der Waals surface area (Å²) in [5.41, 5.74) is 0. The number of rotatable bonds is 7. The third-order valence-electron chi connectivity index (χ3n) is 2.63. The van der Waals surface area contributed by atoms with E-state index in [1.165, 1.54) is 0 Å². The van der Waals surface area contributed by atoms with Crippen LogP contribution in [-0.2, 0) is 4.79 Å². The lowest BCUT2D eigenvalue weighted by atomic mass is 10.3. The smallest absolute Gasteiger partial charge is 0.258 e. The van der Waals surface area contributed by atoms with E-state index in [4.69, 9.17) is 9.47 Å². The summed E-state index contributed by atoms with van der Waals surface area (Å²) in [6, 6.07) is 6.86. The van der Waals surface area contributed by atoms with Gasteiger partial charge in [0.1, 0.15) is 0 Å². The fourth-order valence-electron chi connectivity index (χ4n) is 1.69. The highest BCUT2D eigenvalue weighted by molar-refractivity contribution is 5.77. The first-order valence-electron chi connectivity index (χ1n) is 6.58. The van der Waals surface area contributed by atoms with Gasteiger partial charge in [0.2, 0.25) is 0 Å². The molecule has 8 heteroatoms. The van der Waals surface area contributed by atoms with E-state index in [2.05, 4.69) is 25.9 Å². The molecule has 112 valence electrons. The molecule has 0 aliphatic carbocycles. The van der Waals surface area contributed by atoms with E-state index in [1.807, 2.05) is 19.1 Å². The number of nitrogens with zero attached hydrogens (tertiary/aromatic N) is 3. The summed E-state index contributed by atoms with van der Waals surface area (Å²) in [4.78, 5) is 11.8. The number of carbonyl (C=O) groups excluding carboxylic acids is 1. The largest absolute Gasteiger partial charge is 0.490 e. The minimum Gasteiger partial charge on any atom is -0.490 e. The first-order chi connectivity index (χ1) is 10.2. The number of benzene rings is 1. The van der Waals surface area contributed by atoms with Crippen LogP contribution < -0.4 is 14.8 Å². The Hall–Kier alpha value is -2.64. The predicted molar refractivity (Wildman–Crippen MR) is 73.8 cm³/mol. The SMILES string of the molecule is CCOc1ccccc1OCC(=O)NC(C)c1nn[nH]n1. The lowest BCUT2D eigenvalue weighted by Gasteiger charge is -2.13. The molecular weight excluding hydrogens is 274 g/mol. The highest BCUT2D eigenvalue weighted by Crippen LogP contribution is 2.26. The van der Waals surface area contributed by atoms with Crippen LogP contribution in [0.1, 0.15) is 25.7 Å². The van der Waals surface area contributed by atoms with E-state index in [0.29, 0.717) is 23.9 Å². The molecule has 0 fully saturated rings. The van der Waals surface area contributed by atoms with E-state index < -0.39 is 0 Å². The maximum absolute atomic E-state index is 11.8. The van der Waals surface area contributed by atoms with Crippen LogP contribution >= 0.6 is 0 Å². The van der Waals surface area contributed by atoms with Crippen LogP contribution in [0, 0.1) is 0 Å². The molecule has 0 spiro atoms. The molecule has 0 saturated carbocycles. The second-order valence-electron chi connectivity index (χ2n) is 4.23. The molecule has 1 atom stereocenters. The minimum absolute atomic E-state index is 0.119. The number of aromatic amines is 1. The number of H-pyrrole nitrogens is 1. The van der Waals surface area contributed by atoms with Crippen molar-refractivity contribution in [2.75, 3.05) is 13.2 Å². The number of hydrogen-bond acceptors (Lipinski definition) is 6. The Morgan fingerprint density at radius 3 is 2.67 bits per heavy atom. The van der Waals surface area contributed by atoms with Crippen molar-refractivity contribution in [3.05, 3.63) is 30.1 Å². The van der Waals surface area contributed by atoms with Crippen LogP contribution in [0.15, 0.2) is 24.3 Å². The standard InChI is InChI=1S/C13H17N5O3/c1-3-20-10-6-4-5-7-11(10)21-8-12(19)14-9(2)13-15-17-18-16-13/h4-7,9H,3,8H2,1-2H3,(H,14,19)(H,15,16,17,18). The van der Waals surface area contributed by atoms with Gasteiger partial charge in [0.05, 0.1) is 12.6 Å². The Labute approximate surface area is 121 Å². The average molecular weight is 291 g/mol. The van der Waals surface area contributed by atoms with Gasteiger partial charge in [-0.1, -0.05) is 17.3 Å². The van der Waals surface area contributed by atoms with Gasteiger partial charge in [0.15, 0.2) is 23.9 Å². The van der Waals surface area contributed by atoms with Crippen molar-refractivity contribution in [2.45, 2.75) is 19.9 Å². The molecule has 0 radical (unpaired) electrons. The summed E-state index contributed by atoms with van der Waals surface area (Å²) in [5, 5.41) is 16.1. The molecule has 8 nitrogen and oxygen atoms in total. The second kappa shape index (κ2) is 7.22. The maximum Gasteiger partial charge on any atom is 0.258 e. The Bertz CT molecular complexity index is 573. The number of nitrogens with one attached hydrogen (secondary N) is 2. The molecule has 0 aliphatic heterocycles. The van der Waals surface area contributed by atoms with Crippen LogP contribution in [-0.4, -0.2) is 39.7 Å². The molecule has 0 bridgehead atoms. The van der Waals surface area contributed by atoms with Gasteiger partial charge in [-0.05, 0) is 26.0 Å². The Morgan fingerprint density at radius 2 is 2.05 bits per heavy atom. The van der Waals surface area contributed by atoms with E-state index >= 15 is 0 Å². The van der Waals surface area contributed by atoms with Gasteiger partial charge in [-0.3, -0.25) is 4.79 Å². The topological polar surface area (TPSA) is 102 Å². The number of tetrazole rings is 1. The van der Waals surface area contributed by atoms with Crippen LogP contribution in [0.4, 0.5) is 0 Å². The van der Waals surface area contributed by atoms with Crippen molar-refractivity contribution < 1.29 is 14.3 Å². The summed E-state index contributed by atoms with van der Waals surface area (Å²) in [7, 11) is 0. The number of hydrogen-bond donors (Lipinski definition) is 2. The fraction of sp³-hybridized carbons (Fsp3) is 0.385. The normalized spacial score (nSPS) is 11.7. The van der Waals surface area contributed by atoms with E-state index in [-0.39, 0.29) is 18.6 Å². The summed E-state index contributed by atoms with van der Waals surface area (Å²) in [6.07, 6.45) is 0. The first kappa shape index (κ1) is 14.8.